The number of imidazole rings is 1. The number of aliphatic hydroxyl groups excluding tert-OH is 2. The van der Waals surface area contributed by atoms with Crippen molar-refractivity contribution in [3.8, 4) is 0 Å². The van der Waals surface area contributed by atoms with Gasteiger partial charge >= 0.3 is 5.97 Å². The zero-order valence-corrected chi connectivity index (χ0v) is 46.5. The Bertz CT molecular complexity index is 2370. The maximum atomic E-state index is 14.2. The summed E-state index contributed by atoms with van der Waals surface area (Å²) in [4.78, 5) is 146. The van der Waals surface area contributed by atoms with E-state index in [9.17, 15) is 63.3 Å². The molecule has 0 fully saturated rings. The lowest BCUT2D eigenvalue weighted by atomic mass is 9.96. The number of rotatable bonds is 36. The number of hydrogen-bond donors (Lipinski definition) is 16. The first-order valence-electron chi connectivity index (χ1n) is 26.5. The normalized spacial score (nSPS) is 15.2. The quantitative estimate of drug-likeness (QED) is 0.0173. The highest BCUT2D eigenvalue weighted by Gasteiger charge is 2.37. The number of carbonyl (C=O) groups is 10. The maximum absolute atomic E-state index is 14.2. The van der Waals surface area contributed by atoms with Gasteiger partial charge in [0.2, 0.25) is 53.2 Å². The number of benzene rings is 1. The van der Waals surface area contributed by atoms with Crippen LogP contribution in [0.4, 0.5) is 0 Å². The summed E-state index contributed by atoms with van der Waals surface area (Å²) in [6.07, 6.45) is 0.263. The third kappa shape index (κ3) is 24.5. The summed E-state index contributed by atoms with van der Waals surface area (Å²) in [5.74, 6) is -9.81. The van der Waals surface area contributed by atoms with E-state index in [4.69, 9.17) is 22.9 Å². The standard InChI is InChI=1S/C51H84N16O13/c1-8-28(4)40(50(80)67(24-27(2)3)25-39(71)72)64-45(75)35(17-12-18-52)61-38(70)23-58-48(78)41(30(6)68)66-49(79)42(31(7)69)65-47(77)37(21-33-22-56-26-59-33)63-46(76)36(20-32-14-10-9-11-15-32)62-43(73)29(5)60-44(74)34(53)16-13-19-57-51(54)55/h9-11,14-15,22,26-31,34-37,40-42,68-69H,8,12-13,16-21,23-25,52-53H2,1-7H3,(H,56,59)(H,58,78)(H,60,74)(H,61,70)(H,62,73)(H,63,76)(H,64,75)(H,65,77)(H,66,79)(H,71,72)(H4,54,55,57)/t28?,29-,30+,31+,34-,35-,36+,37-,40-,41-,42-/m0/s1. The van der Waals surface area contributed by atoms with Crippen LogP contribution in [0.15, 0.2) is 47.8 Å². The number of guanidine groups is 1. The number of hydrogen-bond acceptors (Lipinski definition) is 16. The molecule has 446 valence electrons. The van der Waals surface area contributed by atoms with E-state index >= 15 is 0 Å². The Morgan fingerprint density at radius 2 is 1.26 bits per heavy atom. The van der Waals surface area contributed by atoms with Gasteiger partial charge in [-0.05, 0) is 70.4 Å². The highest BCUT2D eigenvalue weighted by molar-refractivity contribution is 5.98. The molecule has 0 saturated carbocycles. The number of aromatic amines is 1. The number of carbonyl (C=O) groups excluding carboxylic acids is 9. The monoisotopic (exact) mass is 1130 g/mol. The number of amides is 9. The highest BCUT2D eigenvalue weighted by atomic mass is 16.4. The number of nitrogens with two attached hydrogens (primary N) is 4. The summed E-state index contributed by atoms with van der Waals surface area (Å²) in [5.41, 5.74) is 23.3. The fourth-order valence-electron chi connectivity index (χ4n) is 7.88. The van der Waals surface area contributed by atoms with Gasteiger partial charge in [-0.25, -0.2) is 4.98 Å². The van der Waals surface area contributed by atoms with Gasteiger partial charge in [0.25, 0.3) is 0 Å². The number of aliphatic carboxylic acids is 1. The molecule has 2 aromatic rings. The molecule has 29 heteroatoms. The molecule has 0 aliphatic carbocycles. The summed E-state index contributed by atoms with van der Waals surface area (Å²) in [6, 6.07) is -2.61. The number of carboxylic acids is 1. The van der Waals surface area contributed by atoms with Gasteiger partial charge in [-0.3, -0.25) is 52.9 Å². The Morgan fingerprint density at radius 3 is 1.82 bits per heavy atom. The lowest BCUT2D eigenvalue weighted by Crippen LogP contribution is -2.63. The molecule has 0 saturated heterocycles. The second-order valence-corrected chi connectivity index (χ2v) is 20.0. The molecule has 1 aromatic heterocycles. The van der Waals surface area contributed by atoms with Crippen molar-refractivity contribution in [3.63, 3.8) is 0 Å². The first-order valence-corrected chi connectivity index (χ1v) is 26.5. The van der Waals surface area contributed by atoms with E-state index in [1.54, 1.807) is 58.0 Å². The summed E-state index contributed by atoms with van der Waals surface area (Å²) in [6.45, 7) is 9.83. The van der Waals surface area contributed by atoms with Crippen molar-refractivity contribution in [1.82, 2.24) is 57.4 Å². The summed E-state index contributed by atoms with van der Waals surface area (Å²) in [5, 5.41) is 50.9. The van der Waals surface area contributed by atoms with Gasteiger partial charge in [0.15, 0.2) is 5.96 Å². The zero-order valence-electron chi connectivity index (χ0n) is 46.5. The van der Waals surface area contributed by atoms with Gasteiger partial charge in [-0.15, -0.1) is 0 Å². The average Bonchev–Trinajstić information content (AvgIpc) is 3.92. The zero-order chi connectivity index (χ0) is 60.2. The van der Waals surface area contributed by atoms with Crippen LogP contribution in [0.2, 0.25) is 0 Å². The Morgan fingerprint density at radius 1 is 0.688 bits per heavy atom. The molecule has 1 aromatic carbocycles. The first kappa shape index (κ1) is 68.3. The molecule has 0 radical (unpaired) electrons. The number of carboxylic acid groups (broad SMARTS) is 1. The molecule has 1 heterocycles. The van der Waals surface area contributed by atoms with Gasteiger partial charge in [-0.1, -0.05) is 64.4 Å². The Hall–Kier alpha value is -7.76. The van der Waals surface area contributed by atoms with Crippen LogP contribution in [0, 0.1) is 11.8 Å². The number of nitrogens with one attached hydrogen (secondary N) is 9. The SMILES string of the molecule is CCC(C)[C@H](NC(=O)[C@H](CCCN)NC(=O)CNC(=O)[C@@H](NC(=O)[C@@H](NC(=O)[C@H](Cc1cnc[nH]1)NC(=O)[C@@H](Cc1ccccc1)NC(=O)[C@H](C)NC(=O)[C@@H](N)CCCN=C(N)N)[C@@H](C)O)[C@@H](C)O)C(=O)N(CC(=O)O)CC(C)C. The molecule has 20 N–H and O–H groups in total. The van der Waals surface area contributed by atoms with Gasteiger partial charge < -0.3 is 90.7 Å². The molecular formula is C51H84N16O13. The van der Waals surface area contributed by atoms with E-state index in [1.165, 1.54) is 19.4 Å². The van der Waals surface area contributed by atoms with E-state index < -0.39 is 139 Å². The molecule has 1 unspecified atom stereocenters. The van der Waals surface area contributed by atoms with Crippen LogP contribution in [0.3, 0.4) is 0 Å². The van der Waals surface area contributed by atoms with Crippen molar-refractivity contribution in [3.05, 3.63) is 54.1 Å². The number of aromatic nitrogens is 2. The molecule has 0 bridgehead atoms. The summed E-state index contributed by atoms with van der Waals surface area (Å²) in [7, 11) is 0. The Balaban J connectivity index is 2.28. The van der Waals surface area contributed by atoms with E-state index in [2.05, 4.69) is 57.5 Å². The van der Waals surface area contributed by atoms with Crippen molar-refractivity contribution in [2.45, 2.75) is 154 Å². The maximum Gasteiger partial charge on any atom is 0.323 e. The number of H-pyrrole nitrogens is 1. The topological polar surface area (TPSA) is 476 Å². The third-order valence-electron chi connectivity index (χ3n) is 12.5. The number of nitrogens with zero attached hydrogens (tertiary/aromatic N) is 3. The van der Waals surface area contributed by atoms with Crippen LogP contribution < -0.4 is 65.5 Å². The van der Waals surface area contributed by atoms with Crippen LogP contribution in [0.1, 0.15) is 91.8 Å². The van der Waals surface area contributed by atoms with Crippen molar-refractivity contribution in [2.75, 3.05) is 32.7 Å². The molecule has 0 aliphatic rings. The van der Waals surface area contributed by atoms with E-state index in [1.807, 2.05) is 0 Å². The lowest BCUT2D eigenvalue weighted by molar-refractivity contribution is -0.147. The van der Waals surface area contributed by atoms with E-state index in [0.29, 0.717) is 24.1 Å². The molecule has 0 aliphatic heterocycles. The second-order valence-electron chi connectivity index (χ2n) is 20.0. The summed E-state index contributed by atoms with van der Waals surface area (Å²) >= 11 is 0. The van der Waals surface area contributed by atoms with Gasteiger partial charge in [0, 0.05) is 37.8 Å². The minimum Gasteiger partial charge on any atom is -0.480 e. The van der Waals surface area contributed by atoms with Gasteiger partial charge in [0.1, 0.15) is 48.8 Å². The molecular weight excluding hydrogens is 1040 g/mol. The number of aliphatic hydroxyl groups is 2. The molecule has 0 spiro atoms. The van der Waals surface area contributed by atoms with Crippen LogP contribution in [-0.4, -0.2) is 189 Å². The van der Waals surface area contributed by atoms with Crippen LogP contribution in [0.25, 0.3) is 0 Å². The Kier molecular flexibility index (Phi) is 29.9. The van der Waals surface area contributed by atoms with Crippen LogP contribution >= 0.6 is 0 Å². The molecule has 80 heavy (non-hydrogen) atoms. The second kappa shape index (κ2) is 35.0. The predicted molar refractivity (Wildman–Crippen MR) is 293 cm³/mol. The van der Waals surface area contributed by atoms with Gasteiger partial charge in [0.05, 0.1) is 31.1 Å². The van der Waals surface area contributed by atoms with Crippen molar-refractivity contribution in [1.29, 1.82) is 0 Å². The average molecular weight is 1130 g/mol. The highest BCUT2D eigenvalue weighted by Crippen LogP contribution is 2.14. The molecule has 29 nitrogen and oxygen atoms in total. The minimum atomic E-state index is -1.84. The largest absolute Gasteiger partial charge is 0.480 e. The summed E-state index contributed by atoms with van der Waals surface area (Å²) < 4.78 is 0. The number of aliphatic imine (C=N–C) groups is 1. The minimum absolute atomic E-state index is 0.00612. The van der Waals surface area contributed by atoms with Crippen LogP contribution in [0.5, 0.6) is 0 Å². The van der Waals surface area contributed by atoms with E-state index in [-0.39, 0.29) is 63.6 Å². The van der Waals surface area contributed by atoms with Gasteiger partial charge in [-0.2, -0.15) is 0 Å². The molecule has 11 atom stereocenters. The first-order chi connectivity index (χ1) is 37.7. The molecule has 2 rings (SSSR count). The molecule has 9 amide bonds. The fraction of sp³-hybridized carbons (Fsp3) is 0.608. The fourth-order valence-corrected chi connectivity index (χ4v) is 7.88. The third-order valence-corrected chi connectivity index (χ3v) is 12.5. The van der Waals surface area contributed by atoms with Crippen molar-refractivity contribution >= 4 is 65.1 Å². The smallest absolute Gasteiger partial charge is 0.323 e. The van der Waals surface area contributed by atoms with E-state index in [0.717, 1.165) is 18.7 Å². The van der Waals surface area contributed by atoms with Crippen LogP contribution in [-0.2, 0) is 60.8 Å². The predicted octanol–water partition coefficient (Wildman–Crippen LogP) is -4.78. The lowest BCUT2D eigenvalue weighted by Gasteiger charge is -2.32. The van der Waals surface area contributed by atoms with Crippen molar-refractivity contribution in [2.24, 2.45) is 39.8 Å². The van der Waals surface area contributed by atoms with Crippen molar-refractivity contribution < 1.29 is 63.3 Å². The Labute approximate surface area is 465 Å².